The minimum Gasteiger partial charge on any atom is -0.479 e. The Morgan fingerprint density at radius 1 is 1.19 bits per heavy atom. The molecule has 0 spiro atoms. The van der Waals surface area contributed by atoms with Gasteiger partial charge in [0.1, 0.15) is 0 Å². The molecule has 0 saturated carbocycles. The van der Waals surface area contributed by atoms with Crippen LogP contribution in [0.4, 0.5) is 0 Å². The van der Waals surface area contributed by atoms with E-state index in [1.807, 2.05) is 5.32 Å². The molecule has 0 aliphatic carbocycles. The molecule has 0 unspecified atom stereocenters. The largest absolute Gasteiger partial charge is 0.479 e. The van der Waals surface area contributed by atoms with Crippen LogP contribution in [0, 0.1) is 0 Å². The minimum absolute atomic E-state index is 0.0702. The minimum atomic E-state index is -2.42. The molecule has 21 heavy (non-hydrogen) atoms. The van der Waals surface area contributed by atoms with Crippen molar-refractivity contribution in [3.8, 4) is 0 Å². The van der Waals surface area contributed by atoms with Crippen LogP contribution in [0.2, 0.25) is 0 Å². The molecule has 0 aliphatic heterocycles. The lowest BCUT2D eigenvalue weighted by Crippen LogP contribution is -2.59. The van der Waals surface area contributed by atoms with Crippen LogP contribution in [-0.2, 0) is 20.8 Å². The molecule has 1 aromatic heterocycles. The fourth-order valence-corrected chi connectivity index (χ4v) is 2.11. The predicted octanol–water partition coefficient (Wildman–Crippen LogP) is 0.431. The van der Waals surface area contributed by atoms with Gasteiger partial charge in [0.05, 0.1) is 5.52 Å². The zero-order valence-electron chi connectivity index (χ0n) is 10.8. The molecule has 0 radical (unpaired) electrons. The number of carbonyl (C=O) groups is 3. The maximum atomic E-state index is 11.4. The van der Waals surface area contributed by atoms with Crippen molar-refractivity contribution in [3.05, 3.63) is 42.1 Å². The van der Waals surface area contributed by atoms with Gasteiger partial charge in [-0.2, -0.15) is 0 Å². The number of rotatable bonds is 6. The Morgan fingerprint density at radius 3 is 2.48 bits per heavy atom. The molecule has 2 rings (SSSR count). The number of fused-ring (bicyclic) bond motifs is 1. The summed E-state index contributed by atoms with van der Waals surface area (Å²) >= 11 is 0. The molecular weight excluding hydrogens is 276 g/mol. The number of aliphatic carboxylic acids is 2. The Labute approximate surface area is 119 Å². The number of hydrogen-bond donors (Lipinski definition) is 3. The molecule has 1 heterocycles. The zero-order chi connectivity index (χ0) is 15.5. The second-order valence-corrected chi connectivity index (χ2v) is 4.45. The fraction of sp³-hybridized carbons (Fsp3) is 0.143. The van der Waals surface area contributed by atoms with Crippen LogP contribution in [0.15, 0.2) is 36.5 Å². The smallest absolute Gasteiger partial charge is 0.341 e. The average Bonchev–Trinajstić information content (AvgIpc) is 2.46. The fourth-order valence-electron chi connectivity index (χ4n) is 2.11. The van der Waals surface area contributed by atoms with E-state index in [1.54, 1.807) is 30.3 Å². The summed E-state index contributed by atoms with van der Waals surface area (Å²) in [7, 11) is 0. The Kier molecular flexibility index (Phi) is 3.84. The molecule has 0 fully saturated rings. The van der Waals surface area contributed by atoms with Crippen LogP contribution in [0.25, 0.3) is 10.9 Å². The highest BCUT2D eigenvalue weighted by Gasteiger charge is 2.47. The summed E-state index contributed by atoms with van der Waals surface area (Å²) < 4.78 is 0. The van der Waals surface area contributed by atoms with Crippen molar-refractivity contribution in [2.24, 2.45) is 0 Å². The van der Waals surface area contributed by atoms with E-state index in [9.17, 15) is 24.6 Å². The molecule has 3 N–H and O–H groups in total. The summed E-state index contributed by atoms with van der Waals surface area (Å²) in [5.74, 6) is -3.29. The summed E-state index contributed by atoms with van der Waals surface area (Å²) in [6.45, 7) is 0. The van der Waals surface area contributed by atoms with Crippen LogP contribution in [0.3, 0.4) is 0 Å². The third kappa shape index (κ3) is 2.53. The van der Waals surface area contributed by atoms with Crippen molar-refractivity contribution in [1.29, 1.82) is 0 Å². The van der Waals surface area contributed by atoms with Crippen molar-refractivity contribution in [2.75, 3.05) is 0 Å². The van der Waals surface area contributed by atoms with Gasteiger partial charge in [0.25, 0.3) is 0 Å². The lowest BCUT2D eigenvalue weighted by atomic mass is 9.90. The number of aromatic nitrogens is 1. The van der Waals surface area contributed by atoms with E-state index in [-0.39, 0.29) is 6.41 Å². The Morgan fingerprint density at radius 2 is 1.86 bits per heavy atom. The SMILES string of the molecule is O=CNC(Cc1cccc2cccnc12)(C(=O)O)C(=O)O. The van der Waals surface area contributed by atoms with E-state index in [0.29, 0.717) is 11.1 Å². The summed E-state index contributed by atoms with van der Waals surface area (Å²) in [6.07, 6.45) is 1.19. The summed E-state index contributed by atoms with van der Waals surface area (Å²) in [6, 6.07) is 8.54. The molecule has 7 nitrogen and oxygen atoms in total. The Hall–Kier alpha value is -2.96. The van der Waals surface area contributed by atoms with Crippen LogP contribution < -0.4 is 5.32 Å². The number of benzene rings is 1. The Balaban J connectivity index is 2.56. The highest BCUT2D eigenvalue weighted by atomic mass is 16.4. The van der Waals surface area contributed by atoms with Crippen molar-refractivity contribution in [2.45, 2.75) is 12.0 Å². The van der Waals surface area contributed by atoms with Gasteiger partial charge < -0.3 is 15.5 Å². The molecule has 1 aromatic carbocycles. The van der Waals surface area contributed by atoms with Crippen LogP contribution in [0.1, 0.15) is 5.56 Å². The van der Waals surface area contributed by atoms with E-state index < -0.39 is 23.9 Å². The maximum absolute atomic E-state index is 11.4. The van der Waals surface area contributed by atoms with Gasteiger partial charge >= 0.3 is 11.9 Å². The molecular formula is C14H12N2O5. The van der Waals surface area contributed by atoms with Crippen LogP contribution in [-0.4, -0.2) is 39.1 Å². The first-order valence-electron chi connectivity index (χ1n) is 6.02. The van der Waals surface area contributed by atoms with E-state index in [4.69, 9.17) is 0 Å². The number of nitrogens with one attached hydrogen (secondary N) is 1. The van der Waals surface area contributed by atoms with Crippen molar-refractivity contribution >= 4 is 29.3 Å². The summed E-state index contributed by atoms with van der Waals surface area (Å²) in [5, 5.41) is 21.1. The summed E-state index contributed by atoms with van der Waals surface area (Å²) in [4.78, 5) is 37.5. The molecule has 1 amide bonds. The highest BCUT2D eigenvalue weighted by Crippen LogP contribution is 2.21. The molecule has 0 saturated heterocycles. The number of carboxylic acid groups (broad SMARTS) is 2. The first-order valence-corrected chi connectivity index (χ1v) is 6.02. The highest BCUT2D eigenvalue weighted by molar-refractivity contribution is 6.05. The number of carbonyl (C=O) groups excluding carboxylic acids is 1. The summed E-state index contributed by atoms with van der Waals surface area (Å²) in [5.41, 5.74) is -1.50. The zero-order valence-corrected chi connectivity index (χ0v) is 10.8. The van der Waals surface area contributed by atoms with Crippen LogP contribution >= 0.6 is 0 Å². The van der Waals surface area contributed by atoms with Crippen molar-refractivity contribution < 1.29 is 24.6 Å². The normalized spacial score (nSPS) is 11.0. The third-order valence-corrected chi connectivity index (χ3v) is 3.21. The number of pyridine rings is 1. The number of amides is 1. The average molecular weight is 288 g/mol. The van der Waals surface area contributed by atoms with E-state index in [1.165, 1.54) is 6.20 Å². The lowest BCUT2D eigenvalue weighted by molar-refractivity contribution is -0.160. The number of hydrogen-bond acceptors (Lipinski definition) is 4. The van der Waals surface area contributed by atoms with Crippen LogP contribution in [0.5, 0.6) is 0 Å². The molecule has 0 atom stereocenters. The molecule has 0 aliphatic rings. The van der Waals surface area contributed by atoms with E-state index in [0.717, 1.165) is 5.39 Å². The number of carboxylic acids is 2. The Bertz CT molecular complexity index is 694. The van der Waals surface area contributed by atoms with Gasteiger partial charge in [-0.1, -0.05) is 24.3 Å². The number of nitrogens with zero attached hydrogens (tertiary/aromatic N) is 1. The van der Waals surface area contributed by atoms with Gasteiger partial charge in [0.2, 0.25) is 11.9 Å². The van der Waals surface area contributed by atoms with Gasteiger partial charge in [-0.3, -0.25) is 9.78 Å². The predicted molar refractivity (Wildman–Crippen MR) is 72.6 cm³/mol. The number of para-hydroxylation sites is 1. The van der Waals surface area contributed by atoms with Gasteiger partial charge in [0, 0.05) is 18.0 Å². The standard InChI is InChI=1S/C14H12N2O5/c17-8-16-14(12(18)19,13(20)21)7-10-4-1-3-9-5-2-6-15-11(9)10/h1-6,8H,7H2,(H,16,17)(H,18,19)(H,20,21). The quantitative estimate of drug-likeness (QED) is 0.524. The molecule has 0 bridgehead atoms. The molecule has 2 aromatic rings. The first kappa shape index (κ1) is 14.4. The first-order chi connectivity index (χ1) is 10.0. The van der Waals surface area contributed by atoms with E-state index >= 15 is 0 Å². The van der Waals surface area contributed by atoms with Crippen molar-refractivity contribution in [3.63, 3.8) is 0 Å². The van der Waals surface area contributed by atoms with Gasteiger partial charge in [-0.25, -0.2) is 9.59 Å². The topological polar surface area (TPSA) is 117 Å². The maximum Gasteiger partial charge on any atom is 0.341 e. The molecule has 108 valence electrons. The van der Waals surface area contributed by atoms with Crippen molar-refractivity contribution in [1.82, 2.24) is 10.3 Å². The molecule has 7 heteroatoms. The second-order valence-electron chi connectivity index (χ2n) is 4.45. The third-order valence-electron chi connectivity index (χ3n) is 3.21. The monoisotopic (exact) mass is 288 g/mol. The second kappa shape index (κ2) is 5.58. The van der Waals surface area contributed by atoms with E-state index in [2.05, 4.69) is 4.98 Å². The van der Waals surface area contributed by atoms with Gasteiger partial charge in [-0.15, -0.1) is 0 Å². The van der Waals surface area contributed by atoms with Gasteiger partial charge in [0.15, 0.2) is 0 Å². The van der Waals surface area contributed by atoms with Gasteiger partial charge in [-0.05, 0) is 11.6 Å². The lowest BCUT2D eigenvalue weighted by Gasteiger charge is -2.24.